The van der Waals surface area contributed by atoms with Crippen LogP contribution in [0, 0.1) is 6.92 Å². The molecule has 1 aromatic carbocycles. The van der Waals surface area contributed by atoms with E-state index < -0.39 is 0 Å². The largest absolute Gasteiger partial charge is 0.487 e. The fraction of sp³-hybridized carbons (Fsp3) is 0.312. The summed E-state index contributed by atoms with van der Waals surface area (Å²) < 4.78 is 6.83. The lowest BCUT2D eigenvalue weighted by molar-refractivity contribution is 0.299. The third kappa shape index (κ3) is 4.61. The van der Waals surface area contributed by atoms with Crippen LogP contribution in [0.5, 0.6) is 5.75 Å². The van der Waals surface area contributed by atoms with E-state index in [0.717, 1.165) is 40.3 Å². The van der Waals surface area contributed by atoms with E-state index in [-0.39, 0.29) is 0 Å². The number of aromatic nitrogens is 1. The minimum atomic E-state index is 0.345. The molecule has 0 aliphatic heterocycles. The number of pyridine rings is 1. The van der Waals surface area contributed by atoms with E-state index in [4.69, 9.17) is 16.3 Å². The maximum Gasteiger partial charge on any atom is 0.132 e. The van der Waals surface area contributed by atoms with Crippen LogP contribution in [0.3, 0.4) is 0 Å². The predicted molar refractivity (Wildman–Crippen MR) is 91.2 cm³/mol. The molecule has 0 saturated carbocycles. The quantitative estimate of drug-likeness (QED) is 0.759. The Balaban J connectivity index is 2.10. The van der Waals surface area contributed by atoms with Crippen LogP contribution in [-0.2, 0) is 6.61 Å². The summed E-state index contributed by atoms with van der Waals surface area (Å²) in [6.45, 7) is 5.36. The maximum atomic E-state index is 6.19. The van der Waals surface area contributed by atoms with Gasteiger partial charge in [-0.05, 0) is 43.2 Å². The van der Waals surface area contributed by atoms with E-state index in [1.165, 1.54) is 0 Å². The summed E-state index contributed by atoms with van der Waals surface area (Å²) >= 11 is 9.63. The van der Waals surface area contributed by atoms with Gasteiger partial charge in [0.05, 0.1) is 10.7 Å². The van der Waals surface area contributed by atoms with Crippen LogP contribution >= 0.6 is 27.5 Å². The Bertz CT molecular complexity index is 619. The molecule has 1 aromatic heterocycles. The molecule has 1 heterocycles. The summed E-state index contributed by atoms with van der Waals surface area (Å²) in [6, 6.07) is 9.67. The van der Waals surface area contributed by atoms with Gasteiger partial charge in [0.1, 0.15) is 18.2 Å². The Kier molecular flexibility index (Phi) is 5.88. The van der Waals surface area contributed by atoms with Crippen LogP contribution in [0.15, 0.2) is 34.8 Å². The van der Waals surface area contributed by atoms with Crippen LogP contribution in [0.25, 0.3) is 0 Å². The van der Waals surface area contributed by atoms with Crippen LogP contribution in [0.4, 0.5) is 5.82 Å². The SMILES string of the molecule is CCCNc1ccc(Cl)c(COc2cc(Br)ccc2C)n1. The Labute approximate surface area is 138 Å². The highest BCUT2D eigenvalue weighted by Gasteiger charge is 2.07. The molecule has 0 unspecified atom stereocenters. The van der Waals surface area contributed by atoms with Crippen LogP contribution in [-0.4, -0.2) is 11.5 Å². The number of hydrogen-bond donors (Lipinski definition) is 1. The van der Waals surface area contributed by atoms with Gasteiger partial charge in [-0.15, -0.1) is 0 Å². The molecule has 3 nitrogen and oxygen atoms in total. The first kappa shape index (κ1) is 16.1. The number of halogens is 2. The molecule has 2 aromatic rings. The van der Waals surface area contributed by atoms with Crippen molar-refractivity contribution in [2.45, 2.75) is 26.9 Å². The van der Waals surface area contributed by atoms with Gasteiger partial charge in [0, 0.05) is 11.0 Å². The molecular weight excluding hydrogens is 352 g/mol. The van der Waals surface area contributed by atoms with E-state index in [9.17, 15) is 0 Å². The lowest BCUT2D eigenvalue weighted by atomic mass is 10.2. The summed E-state index contributed by atoms with van der Waals surface area (Å²) in [4.78, 5) is 4.50. The lowest BCUT2D eigenvalue weighted by Crippen LogP contribution is -2.06. The number of nitrogens with one attached hydrogen (secondary N) is 1. The molecule has 5 heteroatoms. The van der Waals surface area contributed by atoms with Crippen molar-refractivity contribution in [2.24, 2.45) is 0 Å². The summed E-state index contributed by atoms with van der Waals surface area (Å²) in [5, 5.41) is 3.86. The normalized spacial score (nSPS) is 10.5. The fourth-order valence-corrected chi connectivity index (χ4v) is 2.31. The van der Waals surface area contributed by atoms with Gasteiger partial charge in [-0.25, -0.2) is 4.98 Å². The standard InChI is InChI=1S/C16H18BrClN2O/c1-3-8-19-16-7-6-13(18)14(20-16)10-21-15-9-12(17)5-4-11(15)2/h4-7,9H,3,8,10H2,1-2H3,(H,19,20). The van der Waals surface area contributed by atoms with Gasteiger partial charge in [0.2, 0.25) is 0 Å². The van der Waals surface area contributed by atoms with Crippen molar-refractivity contribution in [1.82, 2.24) is 4.98 Å². The molecule has 0 fully saturated rings. The Morgan fingerprint density at radius 2 is 2.10 bits per heavy atom. The lowest BCUT2D eigenvalue weighted by Gasteiger charge is -2.11. The minimum absolute atomic E-state index is 0.345. The molecule has 0 aliphatic carbocycles. The number of aryl methyl sites for hydroxylation is 1. The van der Waals surface area contributed by atoms with Crippen LogP contribution < -0.4 is 10.1 Å². The van der Waals surface area contributed by atoms with E-state index in [1.807, 2.05) is 37.3 Å². The van der Waals surface area contributed by atoms with E-state index in [2.05, 4.69) is 33.2 Å². The molecular formula is C16H18BrClN2O. The molecule has 0 bridgehead atoms. The average molecular weight is 370 g/mol. The first-order chi connectivity index (χ1) is 10.1. The van der Waals surface area contributed by atoms with E-state index >= 15 is 0 Å². The second-order valence-corrected chi connectivity index (χ2v) is 6.07. The molecule has 0 spiro atoms. The maximum absolute atomic E-state index is 6.19. The van der Waals surface area contributed by atoms with Gasteiger partial charge in [-0.2, -0.15) is 0 Å². The van der Waals surface area contributed by atoms with Gasteiger partial charge >= 0.3 is 0 Å². The highest BCUT2D eigenvalue weighted by Crippen LogP contribution is 2.25. The molecule has 0 aliphatic rings. The zero-order valence-corrected chi connectivity index (χ0v) is 14.5. The van der Waals surface area contributed by atoms with Crippen molar-refractivity contribution in [2.75, 3.05) is 11.9 Å². The monoisotopic (exact) mass is 368 g/mol. The zero-order valence-electron chi connectivity index (χ0n) is 12.1. The van der Waals surface area contributed by atoms with Crippen molar-refractivity contribution in [3.63, 3.8) is 0 Å². The highest BCUT2D eigenvalue weighted by molar-refractivity contribution is 9.10. The first-order valence-corrected chi connectivity index (χ1v) is 8.05. The third-order valence-electron chi connectivity index (χ3n) is 2.99. The third-order valence-corrected chi connectivity index (χ3v) is 3.83. The number of rotatable bonds is 6. The van der Waals surface area contributed by atoms with Gasteiger partial charge in [-0.3, -0.25) is 0 Å². The number of nitrogens with zero attached hydrogens (tertiary/aromatic N) is 1. The summed E-state index contributed by atoms with van der Waals surface area (Å²) in [5.41, 5.74) is 1.81. The van der Waals surface area contributed by atoms with Crippen molar-refractivity contribution >= 4 is 33.3 Å². The minimum Gasteiger partial charge on any atom is -0.487 e. The highest BCUT2D eigenvalue weighted by atomic mass is 79.9. The zero-order chi connectivity index (χ0) is 15.2. The second kappa shape index (κ2) is 7.66. The Morgan fingerprint density at radius 3 is 2.86 bits per heavy atom. The number of hydrogen-bond acceptors (Lipinski definition) is 3. The van der Waals surface area contributed by atoms with Gasteiger partial charge in [0.25, 0.3) is 0 Å². The average Bonchev–Trinajstić information content (AvgIpc) is 2.48. The van der Waals surface area contributed by atoms with E-state index in [1.54, 1.807) is 0 Å². The van der Waals surface area contributed by atoms with Crippen molar-refractivity contribution in [3.8, 4) is 5.75 Å². The topological polar surface area (TPSA) is 34.1 Å². The molecule has 0 radical (unpaired) electrons. The van der Waals surface area contributed by atoms with Gasteiger partial charge in [0.15, 0.2) is 0 Å². The molecule has 0 atom stereocenters. The molecule has 0 saturated heterocycles. The number of ether oxygens (including phenoxy) is 1. The molecule has 1 N–H and O–H groups in total. The summed E-state index contributed by atoms with van der Waals surface area (Å²) in [7, 11) is 0. The first-order valence-electron chi connectivity index (χ1n) is 6.88. The fourth-order valence-electron chi connectivity index (χ4n) is 1.81. The Morgan fingerprint density at radius 1 is 1.29 bits per heavy atom. The molecule has 21 heavy (non-hydrogen) atoms. The van der Waals surface area contributed by atoms with Gasteiger partial charge < -0.3 is 10.1 Å². The summed E-state index contributed by atoms with van der Waals surface area (Å²) in [6.07, 6.45) is 1.05. The smallest absolute Gasteiger partial charge is 0.132 e. The summed E-state index contributed by atoms with van der Waals surface area (Å²) in [5.74, 6) is 1.65. The van der Waals surface area contributed by atoms with Gasteiger partial charge in [-0.1, -0.05) is 40.5 Å². The van der Waals surface area contributed by atoms with Crippen LogP contribution in [0.1, 0.15) is 24.6 Å². The molecule has 112 valence electrons. The predicted octanol–water partition coefficient (Wildman–Crippen LogP) is 5.21. The van der Waals surface area contributed by atoms with Crippen molar-refractivity contribution in [1.29, 1.82) is 0 Å². The number of anilines is 1. The van der Waals surface area contributed by atoms with E-state index in [0.29, 0.717) is 11.6 Å². The number of benzene rings is 1. The Hall–Kier alpha value is -1.26. The van der Waals surface area contributed by atoms with Crippen molar-refractivity contribution < 1.29 is 4.74 Å². The van der Waals surface area contributed by atoms with Crippen molar-refractivity contribution in [3.05, 3.63) is 51.1 Å². The van der Waals surface area contributed by atoms with Crippen LogP contribution in [0.2, 0.25) is 5.02 Å². The second-order valence-electron chi connectivity index (χ2n) is 4.75. The molecule has 2 rings (SSSR count). The molecule has 0 amide bonds.